The third-order valence-corrected chi connectivity index (χ3v) is 3.75. The Kier molecular flexibility index (Phi) is 4.26. The van der Waals surface area contributed by atoms with Gasteiger partial charge in [-0.15, -0.1) is 0 Å². The molecule has 0 saturated heterocycles. The zero-order chi connectivity index (χ0) is 15.6. The van der Waals surface area contributed by atoms with Gasteiger partial charge in [-0.25, -0.2) is 0 Å². The molecule has 0 radical (unpaired) electrons. The lowest BCUT2D eigenvalue weighted by Crippen LogP contribution is -2.09. The lowest BCUT2D eigenvalue weighted by molar-refractivity contribution is -0.384. The minimum Gasteiger partial charge on any atom is -0.373 e. The number of nitro benzene ring substituents is 1. The van der Waals surface area contributed by atoms with Gasteiger partial charge >= 0.3 is 0 Å². The second-order valence-corrected chi connectivity index (χ2v) is 5.49. The van der Waals surface area contributed by atoms with Crippen LogP contribution in [-0.2, 0) is 0 Å². The molecular weight excluding hydrogens is 264 g/mol. The van der Waals surface area contributed by atoms with Crippen LogP contribution in [0.3, 0.4) is 0 Å². The van der Waals surface area contributed by atoms with Crippen LogP contribution >= 0.6 is 0 Å². The Hall–Kier alpha value is -2.36. The van der Waals surface area contributed by atoms with Crippen LogP contribution in [0.4, 0.5) is 11.4 Å². The highest BCUT2D eigenvalue weighted by Gasteiger charge is 2.16. The van der Waals surface area contributed by atoms with Crippen molar-refractivity contribution >= 4 is 11.4 Å². The Labute approximate surface area is 125 Å². The molecule has 0 aliphatic heterocycles. The summed E-state index contributed by atoms with van der Waals surface area (Å²) < 4.78 is 0. The molecule has 1 N–H and O–H groups in total. The lowest BCUT2D eigenvalue weighted by atomic mass is 10.0. The first kappa shape index (κ1) is 15.0. The monoisotopic (exact) mass is 284 g/mol. The van der Waals surface area contributed by atoms with Crippen molar-refractivity contribution < 1.29 is 4.92 Å². The van der Waals surface area contributed by atoms with Gasteiger partial charge in [0.05, 0.1) is 4.92 Å². The second kappa shape index (κ2) is 5.95. The highest BCUT2D eigenvalue weighted by Crippen LogP contribution is 2.29. The van der Waals surface area contributed by atoms with Crippen molar-refractivity contribution in [3.8, 4) is 0 Å². The summed E-state index contributed by atoms with van der Waals surface area (Å²) >= 11 is 0. The van der Waals surface area contributed by atoms with Crippen LogP contribution in [0.5, 0.6) is 0 Å². The van der Waals surface area contributed by atoms with E-state index in [-0.39, 0.29) is 16.7 Å². The molecule has 2 aromatic rings. The second-order valence-electron chi connectivity index (χ2n) is 5.49. The first-order valence-corrected chi connectivity index (χ1v) is 6.97. The Morgan fingerprint density at radius 3 is 2.38 bits per heavy atom. The molecule has 4 nitrogen and oxygen atoms in total. The number of benzene rings is 2. The van der Waals surface area contributed by atoms with Crippen LogP contribution in [-0.4, -0.2) is 4.92 Å². The fourth-order valence-electron chi connectivity index (χ4n) is 2.27. The average molecular weight is 284 g/mol. The Morgan fingerprint density at radius 2 is 1.76 bits per heavy atom. The molecule has 0 aliphatic carbocycles. The highest BCUT2D eigenvalue weighted by molar-refractivity contribution is 5.63. The first-order chi connectivity index (χ1) is 9.88. The van der Waals surface area contributed by atoms with Gasteiger partial charge in [0.1, 0.15) is 5.69 Å². The number of hydrogen-bond donors (Lipinski definition) is 1. The molecule has 0 aliphatic rings. The van der Waals surface area contributed by atoms with Gasteiger partial charge in [0, 0.05) is 12.1 Å². The van der Waals surface area contributed by atoms with Crippen molar-refractivity contribution in [3.63, 3.8) is 0 Å². The summed E-state index contributed by atoms with van der Waals surface area (Å²) in [5.74, 6) is 0. The highest BCUT2D eigenvalue weighted by atomic mass is 16.6. The molecule has 1 atom stereocenters. The maximum Gasteiger partial charge on any atom is 0.292 e. The number of nitrogens with zero attached hydrogens (tertiary/aromatic N) is 1. The molecule has 21 heavy (non-hydrogen) atoms. The number of nitro groups is 1. The lowest BCUT2D eigenvalue weighted by Gasteiger charge is -2.17. The summed E-state index contributed by atoms with van der Waals surface area (Å²) in [6.07, 6.45) is 0. The Balaban J connectivity index is 2.29. The van der Waals surface area contributed by atoms with Crippen LogP contribution < -0.4 is 5.32 Å². The number of nitrogens with one attached hydrogen (secondary N) is 1. The zero-order valence-corrected chi connectivity index (χ0v) is 12.8. The molecule has 0 spiro atoms. The van der Waals surface area contributed by atoms with E-state index in [4.69, 9.17) is 0 Å². The standard InChI is InChI=1S/C17H20N2O2/c1-11-5-8-16(17(9-11)19(20)21)18-14(4)15-7-6-12(2)13(3)10-15/h5-10,14,18H,1-4H3. The number of aryl methyl sites for hydroxylation is 3. The number of rotatable bonds is 4. The first-order valence-electron chi connectivity index (χ1n) is 6.97. The minimum atomic E-state index is -0.345. The predicted octanol–water partition coefficient (Wildman–Crippen LogP) is 4.69. The van der Waals surface area contributed by atoms with Gasteiger partial charge in [-0.3, -0.25) is 10.1 Å². The molecule has 0 heterocycles. The van der Waals surface area contributed by atoms with Gasteiger partial charge in [-0.1, -0.05) is 24.3 Å². The maximum absolute atomic E-state index is 11.2. The van der Waals surface area contributed by atoms with Gasteiger partial charge in [-0.2, -0.15) is 0 Å². The van der Waals surface area contributed by atoms with Gasteiger partial charge in [0.15, 0.2) is 0 Å². The zero-order valence-electron chi connectivity index (χ0n) is 12.8. The molecule has 4 heteroatoms. The van der Waals surface area contributed by atoms with Crippen molar-refractivity contribution in [3.05, 3.63) is 68.8 Å². The Bertz CT molecular complexity index is 680. The summed E-state index contributed by atoms with van der Waals surface area (Å²) in [6, 6.07) is 11.5. The van der Waals surface area contributed by atoms with E-state index in [1.807, 2.05) is 19.9 Å². The third-order valence-electron chi connectivity index (χ3n) is 3.75. The quantitative estimate of drug-likeness (QED) is 0.654. The van der Waals surface area contributed by atoms with E-state index in [0.717, 1.165) is 11.1 Å². The summed E-state index contributed by atoms with van der Waals surface area (Å²) in [4.78, 5) is 10.8. The largest absolute Gasteiger partial charge is 0.373 e. The number of hydrogen-bond acceptors (Lipinski definition) is 3. The smallest absolute Gasteiger partial charge is 0.292 e. The van der Waals surface area contributed by atoms with E-state index in [9.17, 15) is 10.1 Å². The van der Waals surface area contributed by atoms with E-state index in [1.165, 1.54) is 11.1 Å². The molecule has 0 saturated carbocycles. The summed E-state index contributed by atoms with van der Waals surface area (Å²) in [5.41, 5.74) is 5.13. The molecule has 2 rings (SSSR count). The van der Waals surface area contributed by atoms with E-state index >= 15 is 0 Å². The van der Waals surface area contributed by atoms with Gasteiger partial charge in [0.25, 0.3) is 5.69 Å². The Morgan fingerprint density at radius 1 is 1.05 bits per heavy atom. The molecule has 0 amide bonds. The summed E-state index contributed by atoms with van der Waals surface area (Å²) in [5, 5.41) is 14.4. The molecular formula is C17H20N2O2. The molecule has 2 aromatic carbocycles. The molecule has 0 aromatic heterocycles. The van der Waals surface area contributed by atoms with Crippen molar-refractivity contribution in [1.82, 2.24) is 0 Å². The van der Waals surface area contributed by atoms with Crippen molar-refractivity contribution in [2.75, 3.05) is 5.32 Å². The molecule has 0 fully saturated rings. The number of anilines is 1. The average Bonchev–Trinajstić information content (AvgIpc) is 2.43. The summed E-state index contributed by atoms with van der Waals surface area (Å²) in [6.45, 7) is 8.00. The van der Waals surface area contributed by atoms with Crippen molar-refractivity contribution in [2.45, 2.75) is 33.7 Å². The van der Waals surface area contributed by atoms with Crippen LogP contribution in [0.25, 0.3) is 0 Å². The van der Waals surface area contributed by atoms with Crippen LogP contribution in [0.2, 0.25) is 0 Å². The predicted molar refractivity (Wildman–Crippen MR) is 85.8 cm³/mol. The maximum atomic E-state index is 11.2. The van der Waals surface area contributed by atoms with E-state index in [1.54, 1.807) is 12.1 Å². The third kappa shape index (κ3) is 3.40. The van der Waals surface area contributed by atoms with Crippen molar-refractivity contribution in [1.29, 1.82) is 0 Å². The topological polar surface area (TPSA) is 55.2 Å². The SMILES string of the molecule is Cc1ccc(NC(C)c2ccc(C)c(C)c2)c([N+](=O)[O-])c1. The van der Waals surface area contributed by atoms with E-state index in [0.29, 0.717) is 5.69 Å². The van der Waals surface area contributed by atoms with Crippen LogP contribution in [0.15, 0.2) is 36.4 Å². The molecule has 110 valence electrons. The van der Waals surface area contributed by atoms with E-state index < -0.39 is 0 Å². The minimum absolute atomic E-state index is 0.00528. The van der Waals surface area contributed by atoms with Gasteiger partial charge in [0.2, 0.25) is 0 Å². The fraction of sp³-hybridized carbons (Fsp3) is 0.294. The fourth-order valence-corrected chi connectivity index (χ4v) is 2.27. The van der Waals surface area contributed by atoms with Crippen molar-refractivity contribution in [2.24, 2.45) is 0 Å². The van der Waals surface area contributed by atoms with E-state index in [2.05, 4.69) is 37.4 Å². The normalized spacial score (nSPS) is 12.0. The van der Waals surface area contributed by atoms with Crippen LogP contribution in [0.1, 0.15) is 35.2 Å². The molecule has 0 bridgehead atoms. The van der Waals surface area contributed by atoms with Gasteiger partial charge in [-0.05, 0) is 56.0 Å². The molecule has 1 unspecified atom stereocenters. The van der Waals surface area contributed by atoms with Crippen LogP contribution in [0, 0.1) is 30.9 Å². The summed E-state index contributed by atoms with van der Waals surface area (Å²) in [7, 11) is 0. The van der Waals surface area contributed by atoms with Gasteiger partial charge < -0.3 is 5.32 Å².